The zero-order valence-electron chi connectivity index (χ0n) is 12.4. The Hall–Kier alpha value is -1.98. The van der Waals surface area contributed by atoms with E-state index in [-0.39, 0.29) is 4.90 Å². The summed E-state index contributed by atoms with van der Waals surface area (Å²) in [5.74, 6) is 0. The maximum absolute atomic E-state index is 12.8. The number of hydrogen-bond donors (Lipinski definition) is 0. The molecule has 1 fully saturated rings. The molecule has 0 saturated carbocycles. The fourth-order valence-electron chi connectivity index (χ4n) is 2.82. The van der Waals surface area contributed by atoms with E-state index in [1.807, 2.05) is 37.3 Å². The van der Waals surface area contributed by atoms with Gasteiger partial charge in [-0.15, -0.1) is 0 Å². The van der Waals surface area contributed by atoms with Crippen LogP contribution in [-0.2, 0) is 14.8 Å². The standard InChI is InChI=1S/C17H17NO3S/c1-13-8-10-15(11-9-13)22(20,21)18-16(17(18,2)12-19)14-6-4-3-5-7-14/h3-12,16H,1-2H3/t16-,17?,18?/m1/s1. The Morgan fingerprint density at radius 1 is 1.05 bits per heavy atom. The zero-order valence-corrected chi connectivity index (χ0v) is 13.2. The van der Waals surface area contributed by atoms with Gasteiger partial charge >= 0.3 is 0 Å². The van der Waals surface area contributed by atoms with Gasteiger partial charge < -0.3 is 4.79 Å². The number of carbonyl (C=O) groups is 1. The van der Waals surface area contributed by atoms with Crippen LogP contribution in [0.25, 0.3) is 0 Å². The van der Waals surface area contributed by atoms with E-state index in [9.17, 15) is 13.2 Å². The lowest BCUT2D eigenvalue weighted by molar-refractivity contribution is -0.110. The lowest BCUT2D eigenvalue weighted by Gasteiger charge is -2.08. The first kappa shape index (κ1) is 14.9. The minimum atomic E-state index is -3.70. The van der Waals surface area contributed by atoms with Crippen molar-refractivity contribution in [2.45, 2.75) is 30.3 Å². The number of rotatable bonds is 4. The van der Waals surface area contributed by atoms with Gasteiger partial charge in [0.1, 0.15) is 11.8 Å². The average Bonchev–Trinajstić information content (AvgIpc) is 3.16. The van der Waals surface area contributed by atoms with Crippen molar-refractivity contribution in [1.29, 1.82) is 0 Å². The number of carbonyl (C=O) groups excluding carboxylic acids is 1. The number of nitrogens with zero attached hydrogens (tertiary/aromatic N) is 1. The van der Waals surface area contributed by atoms with Gasteiger partial charge in [-0.3, -0.25) is 0 Å². The highest BCUT2D eigenvalue weighted by Gasteiger charge is 2.66. The Bertz CT molecular complexity index is 800. The van der Waals surface area contributed by atoms with Crippen LogP contribution in [0.3, 0.4) is 0 Å². The van der Waals surface area contributed by atoms with Crippen LogP contribution < -0.4 is 0 Å². The molecule has 1 saturated heterocycles. The normalized spacial score (nSPS) is 27.4. The second-order valence-electron chi connectivity index (χ2n) is 5.77. The maximum Gasteiger partial charge on any atom is 0.244 e. The third-order valence-corrected chi connectivity index (χ3v) is 6.12. The number of aldehydes is 1. The van der Waals surface area contributed by atoms with Crippen molar-refractivity contribution in [2.75, 3.05) is 0 Å². The second-order valence-corrected chi connectivity index (χ2v) is 7.59. The molecule has 2 aromatic carbocycles. The summed E-state index contributed by atoms with van der Waals surface area (Å²) >= 11 is 0. The maximum atomic E-state index is 12.8. The van der Waals surface area contributed by atoms with Crippen molar-refractivity contribution in [1.82, 2.24) is 4.31 Å². The molecule has 0 bridgehead atoms. The third kappa shape index (κ3) is 2.17. The van der Waals surface area contributed by atoms with Crippen molar-refractivity contribution in [3.63, 3.8) is 0 Å². The molecule has 4 nitrogen and oxygen atoms in total. The van der Waals surface area contributed by atoms with Gasteiger partial charge in [-0.1, -0.05) is 48.0 Å². The van der Waals surface area contributed by atoms with E-state index in [1.165, 1.54) is 4.31 Å². The molecule has 1 aliphatic heterocycles. The van der Waals surface area contributed by atoms with Crippen LogP contribution in [0, 0.1) is 6.92 Å². The van der Waals surface area contributed by atoms with Crippen LogP contribution in [0.5, 0.6) is 0 Å². The van der Waals surface area contributed by atoms with E-state index in [1.54, 1.807) is 31.2 Å². The fourth-order valence-corrected chi connectivity index (χ4v) is 4.75. The first-order valence-electron chi connectivity index (χ1n) is 7.04. The number of hydrogen-bond acceptors (Lipinski definition) is 3. The Kier molecular flexibility index (Phi) is 3.42. The predicted molar refractivity (Wildman–Crippen MR) is 83.9 cm³/mol. The molecule has 2 aromatic rings. The number of benzene rings is 2. The van der Waals surface area contributed by atoms with E-state index < -0.39 is 21.6 Å². The van der Waals surface area contributed by atoms with Gasteiger partial charge in [0.25, 0.3) is 0 Å². The van der Waals surface area contributed by atoms with Gasteiger partial charge in [-0.2, -0.15) is 4.31 Å². The molecule has 1 aliphatic rings. The summed E-state index contributed by atoms with van der Waals surface area (Å²) in [6.45, 7) is 3.56. The van der Waals surface area contributed by atoms with Gasteiger partial charge in [-0.05, 0) is 31.5 Å². The summed E-state index contributed by atoms with van der Waals surface area (Å²) in [5.41, 5.74) is 0.792. The molecule has 5 heteroatoms. The van der Waals surface area contributed by atoms with Crippen molar-refractivity contribution < 1.29 is 13.2 Å². The highest BCUT2D eigenvalue weighted by molar-refractivity contribution is 7.89. The number of sulfonamides is 1. The molecule has 0 N–H and O–H groups in total. The topological polar surface area (TPSA) is 54.2 Å². The molecular formula is C17H17NO3S. The lowest BCUT2D eigenvalue weighted by Crippen LogP contribution is -2.22. The highest BCUT2D eigenvalue weighted by atomic mass is 32.2. The van der Waals surface area contributed by atoms with Gasteiger partial charge in [-0.25, -0.2) is 8.42 Å². The van der Waals surface area contributed by atoms with Gasteiger partial charge in [0.2, 0.25) is 10.0 Å². The predicted octanol–water partition coefficient (Wildman–Crippen LogP) is 2.70. The van der Waals surface area contributed by atoms with E-state index in [0.717, 1.165) is 17.4 Å². The Balaban J connectivity index is 2.03. The lowest BCUT2D eigenvalue weighted by atomic mass is 10.0. The molecule has 0 radical (unpaired) electrons. The first-order chi connectivity index (χ1) is 10.4. The smallest absolute Gasteiger partial charge is 0.244 e. The van der Waals surface area contributed by atoms with Gasteiger partial charge in [0.05, 0.1) is 10.9 Å². The summed E-state index contributed by atoms with van der Waals surface area (Å²) in [7, 11) is -3.70. The van der Waals surface area contributed by atoms with Crippen LogP contribution in [-0.4, -0.2) is 24.5 Å². The van der Waals surface area contributed by atoms with Crippen LogP contribution in [0.15, 0.2) is 59.5 Å². The largest absolute Gasteiger partial charge is 0.301 e. The van der Waals surface area contributed by atoms with Crippen LogP contribution >= 0.6 is 0 Å². The summed E-state index contributed by atoms with van der Waals surface area (Å²) in [4.78, 5) is 11.7. The summed E-state index contributed by atoms with van der Waals surface area (Å²) in [5, 5.41) is 0. The molecule has 1 heterocycles. The zero-order chi connectivity index (χ0) is 16.0. The molecule has 3 atom stereocenters. The summed E-state index contributed by atoms with van der Waals surface area (Å²) < 4.78 is 26.9. The number of aryl methyl sites for hydroxylation is 1. The third-order valence-electron chi connectivity index (χ3n) is 4.13. The minimum Gasteiger partial charge on any atom is -0.301 e. The SMILES string of the molecule is Cc1ccc(S(=O)(=O)N2[C@H](c3ccccc3)C2(C)C=O)cc1. The van der Waals surface area contributed by atoms with Crippen LogP contribution in [0.4, 0.5) is 0 Å². The summed E-state index contributed by atoms with van der Waals surface area (Å²) in [6.07, 6.45) is 0.719. The van der Waals surface area contributed by atoms with Crippen LogP contribution in [0.1, 0.15) is 24.1 Å². The minimum absolute atomic E-state index is 0.213. The van der Waals surface area contributed by atoms with E-state index >= 15 is 0 Å². The van der Waals surface area contributed by atoms with Gasteiger partial charge in [0, 0.05) is 0 Å². The van der Waals surface area contributed by atoms with Gasteiger partial charge in [0.15, 0.2) is 0 Å². The van der Waals surface area contributed by atoms with Crippen molar-refractivity contribution in [2.24, 2.45) is 0 Å². The molecule has 0 aliphatic carbocycles. The van der Waals surface area contributed by atoms with E-state index in [4.69, 9.17) is 0 Å². The Morgan fingerprint density at radius 3 is 2.18 bits per heavy atom. The molecule has 22 heavy (non-hydrogen) atoms. The van der Waals surface area contributed by atoms with Crippen LogP contribution in [0.2, 0.25) is 0 Å². The van der Waals surface area contributed by atoms with E-state index in [2.05, 4.69) is 0 Å². The molecule has 0 amide bonds. The summed E-state index contributed by atoms with van der Waals surface area (Å²) in [6, 6.07) is 15.5. The Labute approximate surface area is 130 Å². The van der Waals surface area contributed by atoms with Crippen molar-refractivity contribution >= 4 is 16.3 Å². The molecule has 2 unspecified atom stereocenters. The Morgan fingerprint density at radius 2 is 1.64 bits per heavy atom. The molecule has 3 rings (SSSR count). The monoisotopic (exact) mass is 315 g/mol. The average molecular weight is 315 g/mol. The van der Waals surface area contributed by atoms with E-state index in [0.29, 0.717) is 0 Å². The molecule has 0 aromatic heterocycles. The molecule has 0 spiro atoms. The quantitative estimate of drug-likeness (QED) is 0.644. The van der Waals surface area contributed by atoms with Crippen molar-refractivity contribution in [3.8, 4) is 0 Å². The fraction of sp³-hybridized carbons (Fsp3) is 0.235. The highest BCUT2D eigenvalue weighted by Crippen LogP contribution is 2.55. The second kappa shape index (κ2) is 5.04. The molecular weight excluding hydrogens is 298 g/mol. The van der Waals surface area contributed by atoms with Crippen molar-refractivity contribution in [3.05, 3.63) is 65.7 Å². The molecule has 114 valence electrons. The first-order valence-corrected chi connectivity index (χ1v) is 8.48.